The van der Waals surface area contributed by atoms with Crippen molar-refractivity contribution in [3.05, 3.63) is 49.0 Å². The zero-order valence-corrected chi connectivity index (χ0v) is 13.5. The van der Waals surface area contributed by atoms with Gasteiger partial charge in [0.2, 0.25) is 0 Å². The molecular formula is C14H14BrN3OS. The van der Waals surface area contributed by atoms with Gasteiger partial charge < -0.3 is 15.3 Å². The first-order valence-corrected chi connectivity index (χ1v) is 7.94. The third-order valence-electron chi connectivity index (χ3n) is 3.27. The Morgan fingerprint density at radius 1 is 1.30 bits per heavy atom. The normalized spacial score (nSPS) is 12.8. The third-order valence-corrected chi connectivity index (χ3v) is 5.13. The number of nitrogens with one attached hydrogen (secondary N) is 3. The van der Waals surface area contributed by atoms with Crippen molar-refractivity contribution in [2.24, 2.45) is 0 Å². The van der Waals surface area contributed by atoms with E-state index < -0.39 is 0 Å². The molecule has 4 nitrogen and oxygen atoms in total. The van der Waals surface area contributed by atoms with Crippen LogP contribution in [0.3, 0.4) is 0 Å². The Hall–Kier alpha value is -1.53. The molecule has 0 saturated heterocycles. The van der Waals surface area contributed by atoms with Crippen molar-refractivity contribution in [2.45, 2.75) is 19.9 Å². The summed E-state index contributed by atoms with van der Waals surface area (Å²) in [6, 6.07) is 6.19. The average Bonchev–Trinajstić information content (AvgIpc) is 2.94. The fourth-order valence-corrected chi connectivity index (χ4v) is 3.69. The summed E-state index contributed by atoms with van der Waals surface area (Å²) in [5.41, 5.74) is 3.67. The summed E-state index contributed by atoms with van der Waals surface area (Å²) < 4.78 is 0.932. The number of aromatic nitrogens is 2. The Labute approximate surface area is 128 Å². The van der Waals surface area contributed by atoms with Gasteiger partial charge in [-0.25, -0.2) is 4.79 Å². The molecule has 1 aromatic carbocycles. The summed E-state index contributed by atoms with van der Waals surface area (Å²) in [5.74, 6) is 0. The van der Waals surface area contributed by atoms with Gasteiger partial charge in [0.05, 0.1) is 22.8 Å². The van der Waals surface area contributed by atoms with Gasteiger partial charge in [-0.3, -0.25) is 0 Å². The number of anilines is 1. The quantitative estimate of drug-likeness (QED) is 0.663. The second-order valence-electron chi connectivity index (χ2n) is 4.79. The largest absolute Gasteiger partial charge is 0.377 e. The van der Waals surface area contributed by atoms with Crippen LogP contribution in [-0.4, -0.2) is 9.97 Å². The Morgan fingerprint density at radius 3 is 2.65 bits per heavy atom. The fraction of sp³-hybridized carbons (Fsp3) is 0.214. The number of aromatic amines is 2. The molecule has 6 heteroatoms. The van der Waals surface area contributed by atoms with Gasteiger partial charge >= 0.3 is 5.69 Å². The number of imidazole rings is 1. The smallest absolute Gasteiger partial charge is 0.323 e. The van der Waals surface area contributed by atoms with E-state index in [9.17, 15) is 4.79 Å². The molecule has 2 heterocycles. The maximum Gasteiger partial charge on any atom is 0.323 e. The summed E-state index contributed by atoms with van der Waals surface area (Å²) in [7, 11) is 0. The molecule has 2 aromatic heterocycles. The summed E-state index contributed by atoms with van der Waals surface area (Å²) in [6.45, 7) is 4.25. The van der Waals surface area contributed by atoms with Crippen LogP contribution in [0.15, 0.2) is 32.8 Å². The Kier molecular flexibility index (Phi) is 3.43. The maximum atomic E-state index is 11.3. The van der Waals surface area contributed by atoms with E-state index >= 15 is 0 Å². The number of aryl methyl sites for hydroxylation is 1. The van der Waals surface area contributed by atoms with Crippen molar-refractivity contribution in [3.63, 3.8) is 0 Å². The van der Waals surface area contributed by atoms with Crippen LogP contribution < -0.4 is 11.0 Å². The fourth-order valence-electron chi connectivity index (χ4n) is 2.29. The first kappa shape index (κ1) is 13.5. The minimum Gasteiger partial charge on any atom is -0.377 e. The first-order chi connectivity index (χ1) is 9.54. The van der Waals surface area contributed by atoms with Crippen LogP contribution in [-0.2, 0) is 0 Å². The molecule has 3 aromatic rings. The highest BCUT2D eigenvalue weighted by molar-refractivity contribution is 9.10. The lowest BCUT2D eigenvalue weighted by molar-refractivity contribution is 0.898. The van der Waals surface area contributed by atoms with Gasteiger partial charge in [0.1, 0.15) is 0 Å². The van der Waals surface area contributed by atoms with Crippen LogP contribution in [0, 0.1) is 6.92 Å². The Morgan fingerprint density at radius 2 is 2.00 bits per heavy atom. The number of H-pyrrole nitrogens is 2. The molecule has 3 N–H and O–H groups in total. The molecule has 0 radical (unpaired) electrons. The lowest BCUT2D eigenvalue weighted by atomic mass is 10.2. The number of thiophene rings is 1. The van der Waals surface area contributed by atoms with Gasteiger partial charge in [-0.15, -0.1) is 11.3 Å². The van der Waals surface area contributed by atoms with Crippen molar-refractivity contribution >= 4 is 44.0 Å². The highest BCUT2D eigenvalue weighted by atomic mass is 79.9. The molecule has 0 aliphatic carbocycles. The minimum atomic E-state index is -0.189. The van der Waals surface area contributed by atoms with Crippen molar-refractivity contribution in [3.8, 4) is 0 Å². The van der Waals surface area contributed by atoms with E-state index in [1.54, 1.807) is 11.3 Å². The molecule has 0 fully saturated rings. The molecule has 0 aliphatic rings. The van der Waals surface area contributed by atoms with Crippen LogP contribution in [0.25, 0.3) is 11.0 Å². The zero-order valence-electron chi connectivity index (χ0n) is 11.1. The predicted molar refractivity (Wildman–Crippen MR) is 87.7 cm³/mol. The lowest BCUT2D eigenvalue weighted by Crippen LogP contribution is -2.06. The number of rotatable bonds is 3. The number of benzene rings is 1. The van der Waals surface area contributed by atoms with E-state index in [1.807, 2.05) is 12.1 Å². The highest BCUT2D eigenvalue weighted by Crippen LogP contribution is 2.32. The van der Waals surface area contributed by atoms with Gasteiger partial charge in [-0.1, -0.05) is 0 Å². The van der Waals surface area contributed by atoms with Gasteiger partial charge in [0.25, 0.3) is 0 Å². The van der Waals surface area contributed by atoms with Crippen LogP contribution in [0.1, 0.15) is 23.4 Å². The van der Waals surface area contributed by atoms with E-state index in [0.29, 0.717) is 0 Å². The monoisotopic (exact) mass is 351 g/mol. The maximum absolute atomic E-state index is 11.3. The molecule has 104 valence electrons. The van der Waals surface area contributed by atoms with E-state index in [-0.39, 0.29) is 11.7 Å². The number of hydrogen-bond donors (Lipinski definition) is 3. The van der Waals surface area contributed by atoms with Crippen molar-refractivity contribution in [1.82, 2.24) is 9.97 Å². The Balaban J connectivity index is 1.96. The number of halogens is 1. The van der Waals surface area contributed by atoms with Crippen molar-refractivity contribution in [1.29, 1.82) is 0 Å². The molecule has 0 bridgehead atoms. The highest BCUT2D eigenvalue weighted by Gasteiger charge is 2.12. The minimum absolute atomic E-state index is 0.189. The second kappa shape index (κ2) is 5.10. The lowest BCUT2D eigenvalue weighted by Gasteiger charge is -2.16. The summed E-state index contributed by atoms with van der Waals surface area (Å²) in [6.07, 6.45) is 0. The van der Waals surface area contributed by atoms with Gasteiger partial charge in [-0.05, 0) is 58.9 Å². The standard InChI is InChI=1S/C14H14BrN3OS/c1-7-3-4-20-13(7)8(2)16-10-6-12-11(5-9(10)15)17-14(19)18-12/h3-6,8,16H,1-2H3,(H2,17,18,19). The molecule has 0 amide bonds. The van der Waals surface area contributed by atoms with Gasteiger partial charge in [0, 0.05) is 9.35 Å². The van der Waals surface area contributed by atoms with Crippen molar-refractivity contribution in [2.75, 3.05) is 5.32 Å². The topological polar surface area (TPSA) is 60.7 Å². The molecule has 20 heavy (non-hydrogen) atoms. The summed E-state index contributed by atoms with van der Waals surface area (Å²) in [5, 5.41) is 5.58. The predicted octanol–water partition coefficient (Wildman–Crippen LogP) is 4.16. The van der Waals surface area contributed by atoms with E-state index in [2.05, 4.69) is 56.5 Å². The van der Waals surface area contributed by atoms with Crippen LogP contribution in [0.4, 0.5) is 5.69 Å². The number of hydrogen-bond acceptors (Lipinski definition) is 3. The molecule has 1 atom stereocenters. The van der Waals surface area contributed by atoms with Crippen molar-refractivity contribution < 1.29 is 0 Å². The SMILES string of the molecule is Cc1ccsc1C(C)Nc1cc2[nH]c(=O)[nH]c2cc1Br. The Bertz CT molecular complexity index is 817. The van der Waals surface area contributed by atoms with E-state index in [0.717, 1.165) is 21.2 Å². The van der Waals surface area contributed by atoms with Gasteiger partial charge in [0.15, 0.2) is 0 Å². The molecular weight excluding hydrogens is 338 g/mol. The zero-order chi connectivity index (χ0) is 14.3. The summed E-state index contributed by atoms with van der Waals surface area (Å²) in [4.78, 5) is 18.2. The second-order valence-corrected chi connectivity index (χ2v) is 6.59. The van der Waals surface area contributed by atoms with Crippen LogP contribution in [0.2, 0.25) is 0 Å². The van der Waals surface area contributed by atoms with Gasteiger partial charge in [-0.2, -0.15) is 0 Å². The third kappa shape index (κ3) is 2.41. The first-order valence-electron chi connectivity index (χ1n) is 6.26. The molecule has 0 spiro atoms. The number of fused-ring (bicyclic) bond motifs is 1. The molecule has 1 unspecified atom stereocenters. The average molecular weight is 352 g/mol. The molecule has 3 rings (SSSR count). The molecule has 0 saturated carbocycles. The van der Waals surface area contributed by atoms with E-state index in [4.69, 9.17) is 0 Å². The summed E-state index contributed by atoms with van der Waals surface area (Å²) >= 11 is 5.29. The van der Waals surface area contributed by atoms with Crippen LogP contribution >= 0.6 is 27.3 Å². The van der Waals surface area contributed by atoms with E-state index in [1.165, 1.54) is 10.4 Å². The molecule has 0 aliphatic heterocycles. The van der Waals surface area contributed by atoms with Crippen LogP contribution in [0.5, 0.6) is 0 Å².